The van der Waals surface area contributed by atoms with Crippen LogP contribution in [0.4, 0.5) is 4.79 Å². The standard InChI is InChI=1S/C25H22N4O4/c1-2-33-20-7-8-21-18(13-20)14-29(22(21)30)15-25(23(31)27-24(32)28-25)19-5-3-16(4-6-19)17-9-11-26-12-10-17/h3-13H,2,14-15H2,1H3,(H2,27,28,31,32)/t25-/m0/s1. The predicted octanol–water partition coefficient (Wildman–Crippen LogP) is 2.84. The number of carbonyl (C=O) groups is 3. The molecule has 2 aromatic carbocycles. The SMILES string of the molecule is CCOc1ccc2c(c1)CN(C[C@@]1(c3ccc(-c4ccncc4)cc3)NC(=O)NC1=O)C2=O. The third-order valence-corrected chi connectivity index (χ3v) is 6.03. The molecule has 0 radical (unpaired) electrons. The summed E-state index contributed by atoms with van der Waals surface area (Å²) in [4.78, 5) is 43.9. The third-order valence-electron chi connectivity index (χ3n) is 6.03. The molecule has 4 amide bonds. The van der Waals surface area contributed by atoms with Crippen LogP contribution in [-0.2, 0) is 16.9 Å². The summed E-state index contributed by atoms with van der Waals surface area (Å²) in [5.74, 6) is 0.0249. The van der Waals surface area contributed by atoms with Gasteiger partial charge in [0.25, 0.3) is 11.8 Å². The van der Waals surface area contributed by atoms with Gasteiger partial charge in [-0.15, -0.1) is 0 Å². The number of ether oxygens (including phenoxy) is 1. The van der Waals surface area contributed by atoms with Crippen LogP contribution >= 0.6 is 0 Å². The Morgan fingerprint density at radius 3 is 2.39 bits per heavy atom. The highest BCUT2D eigenvalue weighted by molar-refractivity contribution is 6.08. The van der Waals surface area contributed by atoms with E-state index in [0.29, 0.717) is 30.0 Å². The molecule has 0 saturated carbocycles. The van der Waals surface area contributed by atoms with E-state index < -0.39 is 17.5 Å². The topological polar surface area (TPSA) is 101 Å². The Balaban J connectivity index is 1.46. The number of imide groups is 1. The third kappa shape index (κ3) is 3.59. The Labute approximate surface area is 190 Å². The zero-order chi connectivity index (χ0) is 23.0. The minimum Gasteiger partial charge on any atom is -0.494 e. The lowest BCUT2D eigenvalue weighted by molar-refractivity contribution is -0.124. The summed E-state index contributed by atoms with van der Waals surface area (Å²) in [6, 6.07) is 16.0. The predicted molar refractivity (Wildman–Crippen MR) is 120 cm³/mol. The molecule has 3 heterocycles. The highest BCUT2D eigenvalue weighted by Gasteiger charge is 2.50. The zero-order valence-electron chi connectivity index (χ0n) is 18.0. The van der Waals surface area contributed by atoms with E-state index in [-0.39, 0.29) is 12.5 Å². The van der Waals surface area contributed by atoms with E-state index in [2.05, 4.69) is 15.6 Å². The first-order chi connectivity index (χ1) is 16.0. The Morgan fingerprint density at radius 2 is 1.73 bits per heavy atom. The average molecular weight is 442 g/mol. The van der Waals surface area contributed by atoms with Crippen molar-refractivity contribution < 1.29 is 19.1 Å². The summed E-state index contributed by atoms with van der Waals surface area (Å²) < 4.78 is 5.55. The van der Waals surface area contributed by atoms with Gasteiger partial charge in [0.05, 0.1) is 13.2 Å². The molecule has 0 aliphatic carbocycles. The highest BCUT2D eigenvalue weighted by atomic mass is 16.5. The molecule has 0 bridgehead atoms. The van der Waals surface area contributed by atoms with Crippen molar-refractivity contribution in [2.45, 2.75) is 19.0 Å². The number of urea groups is 1. The monoisotopic (exact) mass is 442 g/mol. The molecule has 166 valence electrons. The van der Waals surface area contributed by atoms with Crippen molar-refractivity contribution in [3.05, 3.63) is 83.7 Å². The summed E-state index contributed by atoms with van der Waals surface area (Å²) in [7, 11) is 0. The number of hydrogen-bond acceptors (Lipinski definition) is 5. The molecule has 8 nitrogen and oxygen atoms in total. The van der Waals surface area contributed by atoms with Crippen LogP contribution in [0.25, 0.3) is 11.1 Å². The minimum absolute atomic E-state index is 0.0106. The summed E-state index contributed by atoms with van der Waals surface area (Å²) in [6.45, 7) is 2.77. The Hall–Kier alpha value is -4.20. The molecule has 1 fully saturated rings. The van der Waals surface area contributed by atoms with Gasteiger partial charge in [0.15, 0.2) is 5.54 Å². The normalized spacial score (nSPS) is 19.3. The van der Waals surface area contributed by atoms with Crippen LogP contribution in [-0.4, -0.2) is 40.9 Å². The smallest absolute Gasteiger partial charge is 0.322 e. The van der Waals surface area contributed by atoms with Gasteiger partial charge in [-0.25, -0.2) is 4.79 Å². The summed E-state index contributed by atoms with van der Waals surface area (Å²) in [6.07, 6.45) is 3.42. The van der Waals surface area contributed by atoms with Gasteiger partial charge >= 0.3 is 6.03 Å². The lowest BCUT2D eigenvalue weighted by Gasteiger charge is -2.31. The number of carbonyl (C=O) groups excluding carboxylic acids is 3. The lowest BCUT2D eigenvalue weighted by atomic mass is 9.88. The number of hydrogen-bond donors (Lipinski definition) is 2. The van der Waals surface area contributed by atoms with Gasteiger partial charge in [0.2, 0.25) is 0 Å². The van der Waals surface area contributed by atoms with Crippen molar-refractivity contribution >= 4 is 17.8 Å². The lowest BCUT2D eigenvalue weighted by Crippen LogP contribution is -2.52. The molecule has 1 saturated heterocycles. The number of fused-ring (bicyclic) bond motifs is 1. The molecule has 1 atom stereocenters. The fraction of sp³-hybridized carbons (Fsp3) is 0.200. The largest absolute Gasteiger partial charge is 0.494 e. The van der Waals surface area contributed by atoms with Gasteiger partial charge in [0, 0.05) is 24.5 Å². The van der Waals surface area contributed by atoms with Crippen LogP contribution in [0.5, 0.6) is 5.75 Å². The fourth-order valence-electron chi connectivity index (χ4n) is 4.42. The maximum Gasteiger partial charge on any atom is 0.322 e. The van der Waals surface area contributed by atoms with Crippen molar-refractivity contribution in [3.63, 3.8) is 0 Å². The molecule has 2 aliphatic rings. The van der Waals surface area contributed by atoms with Gasteiger partial charge in [-0.3, -0.25) is 19.9 Å². The van der Waals surface area contributed by atoms with E-state index in [1.165, 1.54) is 0 Å². The maximum atomic E-state index is 13.1. The second-order valence-corrected chi connectivity index (χ2v) is 8.04. The van der Waals surface area contributed by atoms with E-state index in [4.69, 9.17) is 4.74 Å². The van der Waals surface area contributed by atoms with Gasteiger partial charge in [-0.1, -0.05) is 24.3 Å². The van der Waals surface area contributed by atoms with Gasteiger partial charge in [-0.05, 0) is 59.5 Å². The molecule has 0 spiro atoms. The van der Waals surface area contributed by atoms with Crippen LogP contribution in [0.3, 0.4) is 0 Å². The Kier molecular flexibility index (Phi) is 5.05. The first kappa shape index (κ1) is 20.7. The molecular weight excluding hydrogens is 420 g/mol. The van der Waals surface area contributed by atoms with Crippen molar-refractivity contribution in [2.75, 3.05) is 13.2 Å². The van der Waals surface area contributed by atoms with Gasteiger partial charge in [-0.2, -0.15) is 0 Å². The van der Waals surface area contributed by atoms with Crippen molar-refractivity contribution in [1.29, 1.82) is 0 Å². The van der Waals surface area contributed by atoms with E-state index in [9.17, 15) is 14.4 Å². The van der Waals surface area contributed by atoms with Crippen LogP contribution < -0.4 is 15.4 Å². The second kappa shape index (κ2) is 8.05. The average Bonchev–Trinajstić information content (AvgIpc) is 3.29. The Bertz CT molecular complexity index is 1240. The van der Waals surface area contributed by atoms with E-state index in [1.54, 1.807) is 29.4 Å². The quantitative estimate of drug-likeness (QED) is 0.572. The van der Waals surface area contributed by atoms with E-state index in [1.807, 2.05) is 49.4 Å². The van der Waals surface area contributed by atoms with Crippen molar-refractivity contribution in [3.8, 4) is 16.9 Å². The molecule has 3 aromatic rings. The van der Waals surface area contributed by atoms with Crippen molar-refractivity contribution in [1.82, 2.24) is 20.5 Å². The molecular formula is C25H22N4O4. The fourth-order valence-corrected chi connectivity index (χ4v) is 4.42. The number of benzene rings is 2. The van der Waals surface area contributed by atoms with Gasteiger partial charge < -0.3 is 15.0 Å². The minimum atomic E-state index is -1.38. The summed E-state index contributed by atoms with van der Waals surface area (Å²) >= 11 is 0. The van der Waals surface area contributed by atoms with Crippen LogP contribution in [0.2, 0.25) is 0 Å². The van der Waals surface area contributed by atoms with E-state index >= 15 is 0 Å². The van der Waals surface area contributed by atoms with E-state index in [0.717, 1.165) is 16.7 Å². The number of nitrogens with zero attached hydrogens (tertiary/aromatic N) is 2. The zero-order valence-corrected chi connectivity index (χ0v) is 18.0. The number of amides is 4. The molecule has 8 heteroatoms. The number of nitrogens with one attached hydrogen (secondary N) is 2. The molecule has 2 N–H and O–H groups in total. The number of pyridine rings is 1. The molecule has 2 aliphatic heterocycles. The van der Waals surface area contributed by atoms with Crippen molar-refractivity contribution in [2.24, 2.45) is 0 Å². The first-order valence-corrected chi connectivity index (χ1v) is 10.7. The Morgan fingerprint density at radius 1 is 1.00 bits per heavy atom. The maximum absolute atomic E-state index is 13.1. The summed E-state index contributed by atoms with van der Waals surface area (Å²) in [5, 5.41) is 5.10. The highest BCUT2D eigenvalue weighted by Crippen LogP contribution is 2.33. The molecule has 33 heavy (non-hydrogen) atoms. The number of aromatic nitrogens is 1. The van der Waals surface area contributed by atoms with Crippen LogP contribution in [0.1, 0.15) is 28.4 Å². The first-order valence-electron chi connectivity index (χ1n) is 10.7. The van der Waals surface area contributed by atoms with Gasteiger partial charge in [0.1, 0.15) is 5.75 Å². The molecule has 0 unspecified atom stereocenters. The molecule has 1 aromatic heterocycles. The van der Waals surface area contributed by atoms with Crippen LogP contribution in [0, 0.1) is 0 Å². The number of rotatable bonds is 6. The second-order valence-electron chi connectivity index (χ2n) is 8.04. The molecule has 5 rings (SSSR count). The summed E-state index contributed by atoms with van der Waals surface area (Å²) in [5.41, 5.74) is 2.57. The van der Waals surface area contributed by atoms with Crippen LogP contribution in [0.15, 0.2) is 67.0 Å².